The summed E-state index contributed by atoms with van der Waals surface area (Å²) in [7, 11) is 0. The Labute approximate surface area is 83.9 Å². The third-order valence-electron chi connectivity index (χ3n) is 2.04. The van der Waals surface area contributed by atoms with Crippen LogP contribution < -0.4 is 11.2 Å². The summed E-state index contributed by atoms with van der Waals surface area (Å²) < 4.78 is 11.4. The highest BCUT2D eigenvalue weighted by atomic mass is 16.7. The van der Waals surface area contributed by atoms with Crippen LogP contribution in [0, 0.1) is 0 Å². The van der Waals surface area contributed by atoms with Crippen LogP contribution in [0.15, 0.2) is 21.9 Å². The Morgan fingerprint density at radius 2 is 2.40 bits per heavy atom. The van der Waals surface area contributed by atoms with Crippen molar-refractivity contribution in [3.05, 3.63) is 33.1 Å². The molecule has 0 radical (unpaired) electrons. The molecule has 0 amide bonds. The number of aliphatic hydroxyl groups excluding tert-OH is 1. The third kappa shape index (κ3) is 1.99. The van der Waals surface area contributed by atoms with Gasteiger partial charge < -0.3 is 14.6 Å². The quantitative estimate of drug-likeness (QED) is 0.618. The van der Waals surface area contributed by atoms with Gasteiger partial charge in [0.1, 0.15) is 0 Å². The van der Waals surface area contributed by atoms with Crippen LogP contribution in [0.5, 0.6) is 0 Å². The van der Waals surface area contributed by atoms with Gasteiger partial charge in [0.2, 0.25) is 0 Å². The maximum absolute atomic E-state index is 11.3. The van der Waals surface area contributed by atoms with E-state index in [1.54, 1.807) is 0 Å². The molecule has 0 spiro atoms. The van der Waals surface area contributed by atoms with Gasteiger partial charge in [-0.05, 0) is 0 Å². The number of H-pyrrole nitrogens is 1. The first-order chi connectivity index (χ1) is 7.20. The topological polar surface area (TPSA) is 93.5 Å². The molecule has 1 aromatic heterocycles. The van der Waals surface area contributed by atoms with Gasteiger partial charge in [0.05, 0.1) is 13.2 Å². The second-order valence-electron chi connectivity index (χ2n) is 3.05. The normalized spacial score (nSPS) is 25.7. The van der Waals surface area contributed by atoms with Gasteiger partial charge in [0.25, 0.3) is 5.56 Å². The zero-order chi connectivity index (χ0) is 10.8. The maximum atomic E-state index is 11.3. The number of hydrogen-bond donors (Lipinski definition) is 2. The van der Waals surface area contributed by atoms with Crippen molar-refractivity contribution in [1.29, 1.82) is 0 Å². The Kier molecular flexibility index (Phi) is 2.67. The molecule has 1 aromatic rings. The summed E-state index contributed by atoms with van der Waals surface area (Å²) in [5.74, 6) is 0. The van der Waals surface area contributed by atoms with Gasteiger partial charge in [-0.2, -0.15) is 0 Å². The molecule has 82 valence electrons. The van der Waals surface area contributed by atoms with Crippen LogP contribution in [-0.2, 0) is 9.47 Å². The third-order valence-corrected chi connectivity index (χ3v) is 2.04. The monoisotopic (exact) mass is 214 g/mol. The number of aromatic nitrogens is 2. The van der Waals surface area contributed by atoms with Crippen LogP contribution in [0.2, 0.25) is 0 Å². The number of aliphatic hydroxyl groups is 1. The van der Waals surface area contributed by atoms with E-state index in [2.05, 4.69) is 4.98 Å². The van der Waals surface area contributed by atoms with Crippen LogP contribution in [0.1, 0.15) is 6.23 Å². The number of nitrogens with zero attached hydrogens (tertiary/aromatic N) is 1. The minimum atomic E-state index is -0.714. The minimum Gasteiger partial charge on any atom is -0.391 e. The van der Waals surface area contributed by atoms with Crippen molar-refractivity contribution in [2.24, 2.45) is 0 Å². The lowest BCUT2D eigenvalue weighted by molar-refractivity contribution is -0.0992. The largest absolute Gasteiger partial charge is 0.391 e. The first kappa shape index (κ1) is 10.1. The van der Waals surface area contributed by atoms with Crippen LogP contribution in [0.25, 0.3) is 0 Å². The molecule has 1 aliphatic rings. The fraction of sp³-hybridized carbons (Fsp3) is 0.500. The van der Waals surface area contributed by atoms with Gasteiger partial charge in [-0.3, -0.25) is 14.3 Å². The Hall–Kier alpha value is -1.44. The van der Waals surface area contributed by atoms with E-state index in [-0.39, 0.29) is 13.2 Å². The number of rotatable bonds is 2. The Morgan fingerprint density at radius 3 is 3.00 bits per heavy atom. The highest BCUT2D eigenvalue weighted by Crippen LogP contribution is 2.18. The lowest BCUT2D eigenvalue weighted by atomic mass is 10.5. The summed E-state index contributed by atoms with van der Waals surface area (Å²) in [6.07, 6.45) is 0.00918. The van der Waals surface area contributed by atoms with Crippen LogP contribution in [-0.4, -0.2) is 34.2 Å². The molecular weight excluding hydrogens is 204 g/mol. The minimum absolute atomic E-state index is 0.164. The fourth-order valence-corrected chi connectivity index (χ4v) is 1.34. The van der Waals surface area contributed by atoms with Crippen molar-refractivity contribution in [3.63, 3.8) is 0 Å². The molecule has 0 aliphatic carbocycles. The molecule has 15 heavy (non-hydrogen) atoms. The second kappa shape index (κ2) is 3.97. The summed E-state index contributed by atoms with van der Waals surface area (Å²) in [5, 5.41) is 8.75. The molecule has 2 atom stereocenters. The van der Waals surface area contributed by atoms with Crippen LogP contribution in [0.4, 0.5) is 0 Å². The summed E-state index contributed by atoms with van der Waals surface area (Å²) >= 11 is 0. The smallest absolute Gasteiger partial charge is 0.330 e. The van der Waals surface area contributed by atoms with E-state index in [9.17, 15) is 9.59 Å². The molecule has 7 heteroatoms. The van der Waals surface area contributed by atoms with E-state index in [1.165, 1.54) is 16.8 Å². The molecule has 1 unspecified atom stereocenters. The molecule has 0 aromatic carbocycles. The molecule has 1 saturated heterocycles. The Balaban J connectivity index is 2.24. The van der Waals surface area contributed by atoms with Crippen LogP contribution >= 0.6 is 0 Å². The summed E-state index contributed by atoms with van der Waals surface area (Å²) in [6, 6.07) is 1.22. The van der Waals surface area contributed by atoms with Crippen molar-refractivity contribution >= 4 is 0 Å². The molecule has 2 rings (SSSR count). The zero-order valence-electron chi connectivity index (χ0n) is 7.75. The zero-order valence-corrected chi connectivity index (χ0v) is 7.75. The van der Waals surface area contributed by atoms with Crippen molar-refractivity contribution in [1.82, 2.24) is 9.55 Å². The lowest BCUT2D eigenvalue weighted by Crippen LogP contribution is -2.32. The number of hydrogen-bond acceptors (Lipinski definition) is 5. The van der Waals surface area contributed by atoms with Gasteiger partial charge >= 0.3 is 5.69 Å². The Morgan fingerprint density at radius 1 is 1.60 bits per heavy atom. The first-order valence-corrected chi connectivity index (χ1v) is 4.40. The highest BCUT2D eigenvalue weighted by molar-refractivity contribution is 4.84. The van der Waals surface area contributed by atoms with E-state index in [1.807, 2.05) is 0 Å². The number of nitrogens with one attached hydrogen (secondary N) is 1. The van der Waals surface area contributed by atoms with Crippen molar-refractivity contribution in [3.8, 4) is 0 Å². The van der Waals surface area contributed by atoms with Gasteiger partial charge in [-0.15, -0.1) is 0 Å². The van der Waals surface area contributed by atoms with Crippen molar-refractivity contribution in [2.45, 2.75) is 12.5 Å². The predicted molar refractivity (Wildman–Crippen MR) is 48.3 cm³/mol. The van der Waals surface area contributed by atoms with E-state index in [0.717, 1.165) is 0 Å². The standard InChI is InChI=1S/C8H10N2O5/c11-3-7-14-4-6(15-7)10-2-1-5(12)9-8(10)13/h1-2,6-7,11H,3-4H2,(H,9,12,13)/t6-,7?/m0/s1. The number of ether oxygens (including phenoxy) is 2. The van der Waals surface area contributed by atoms with Crippen molar-refractivity contribution < 1.29 is 14.6 Å². The van der Waals surface area contributed by atoms with E-state index < -0.39 is 23.8 Å². The van der Waals surface area contributed by atoms with Gasteiger partial charge in [-0.1, -0.05) is 0 Å². The molecule has 7 nitrogen and oxygen atoms in total. The average molecular weight is 214 g/mol. The summed E-state index contributed by atoms with van der Waals surface area (Å²) in [5.41, 5.74) is -1.02. The van der Waals surface area contributed by atoms with Gasteiger partial charge in [0, 0.05) is 12.3 Å². The molecular formula is C8H10N2O5. The molecule has 2 heterocycles. The van der Waals surface area contributed by atoms with Gasteiger partial charge in [-0.25, -0.2) is 4.79 Å². The molecule has 0 bridgehead atoms. The van der Waals surface area contributed by atoms with Gasteiger partial charge in [0.15, 0.2) is 12.5 Å². The Bertz CT molecular complexity index is 451. The van der Waals surface area contributed by atoms with E-state index >= 15 is 0 Å². The summed E-state index contributed by atoms with van der Waals surface area (Å²) in [4.78, 5) is 24.2. The second-order valence-corrected chi connectivity index (χ2v) is 3.05. The average Bonchev–Trinajstić information content (AvgIpc) is 2.66. The fourth-order valence-electron chi connectivity index (χ4n) is 1.34. The first-order valence-electron chi connectivity index (χ1n) is 4.40. The SMILES string of the molecule is O=c1ccn([C@@H]2COC(CO)O2)c(=O)[nH]1. The molecule has 1 fully saturated rings. The lowest BCUT2D eigenvalue weighted by Gasteiger charge is -2.11. The summed E-state index contributed by atoms with van der Waals surface area (Å²) in [6.45, 7) is -0.105. The molecule has 1 aliphatic heterocycles. The molecule has 2 N–H and O–H groups in total. The van der Waals surface area contributed by atoms with Crippen LogP contribution in [0.3, 0.4) is 0 Å². The highest BCUT2D eigenvalue weighted by Gasteiger charge is 2.27. The maximum Gasteiger partial charge on any atom is 0.330 e. The van der Waals surface area contributed by atoms with Crippen molar-refractivity contribution in [2.75, 3.05) is 13.2 Å². The molecule has 0 saturated carbocycles. The number of aromatic amines is 1. The van der Waals surface area contributed by atoms with E-state index in [4.69, 9.17) is 14.6 Å². The van der Waals surface area contributed by atoms with E-state index in [0.29, 0.717) is 0 Å². The predicted octanol–water partition coefficient (Wildman–Crippen LogP) is -1.60.